The number of aliphatic hydroxyl groups excluding tert-OH is 1. The average molecular weight is 745 g/mol. The third-order valence-electron chi connectivity index (χ3n) is 9.06. The molecule has 1 N–H and O–H groups in total. The number of hydrogen-bond donors (Lipinski definition) is 1. The molecule has 0 aromatic heterocycles. The Bertz CT molecular complexity index is 2150. The topological polar surface area (TPSA) is 56.2 Å². The monoisotopic (exact) mass is 744 g/mol. The van der Waals surface area contributed by atoms with Crippen LogP contribution in [0.1, 0.15) is 50.8 Å². The van der Waals surface area contributed by atoms with Crippen molar-refractivity contribution in [2.24, 2.45) is 0 Å². The van der Waals surface area contributed by atoms with Gasteiger partial charge in [-0.05, 0) is 59.9 Å². The molecule has 4 aromatic carbocycles. The molecule has 2 aliphatic rings. The van der Waals surface area contributed by atoms with Crippen molar-refractivity contribution in [3.8, 4) is 11.1 Å². The third kappa shape index (κ3) is 8.86. The van der Waals surface area contributed by atoms with Gasteiger partial charge in [0.15, 0.2) is 11.6 Å². The molecule has 0 spiro atoms. The fraction of sp³-hybridized carbons (Fsp3) is 0.325. The van der Waals surface area contributed by atoms with Crippen LogP contribution in [0.3, 0.4) is 0 Å². The highest BCUT2D eigenvalue weighted by Crippen LogP contribution is 2.41. The van der Waals surface area contributed by atoms with Gasteiger partial charge in [0.1, 0.15) is 12.6 Å². The van der Waals surface area contributed by atoms with Crippen molar-refractivity contribution in [3.63, 3.8) is 0 Å². The van der Waals surface area contributed by atoms with Gasteiger partial charge in [-0.2, -0.15) is 13.2 Å². The molecule has 0 bridgehead atoms. The van der Waals surface area contributed by atoms with E-state index in [0.717, 1.165) is 24.3 Å². The minimum absolute atomic E-state index is 0.0471. The predicted molar refractivity (Wildman–Crippen MR) is 193 cm³/mol. The first-order valence-corrected chi connectivity index (χ1v) is 17.3. The van der Waals surface area contributed by atoms with Crippen LogP contribution in [0, 0.1) is 11.6 Å². The summed E-state index contributed by atoms with van der Waals surface area (Å²) in [7, 11) is -2.79. The Hall–Kier alpha value is -4.23. The maximum absolute atomic E-state index is 14.9. The number of hydrogen-bond acceptors (Lipinski definition) is 6. The normalized spacial score (nSPS) is 19.6. The van der Waals surface area contributed by atoms with Crippen molar-refractivity contribution in [1.29, 1.82) is 0 Å². The van der Waals surface area contributed by atoms with E-state index in [-0.39, 0.29) is 44.0 Å². The number of anilines is 1. The lowest BCUT2D eigenvalue weighted by Gasteiger charge is -2.40. The number of likely N-dealkylation sites (tertiary alicyclic amines) is 1. The Morgan fingerprint density at radius 3 is 2.37 bits per heavy atom. The molecule has 0 aliphatic carbocycles. The van der Waals surface area contributed by atoms with E-state index in [1.807, 2.05) is 0 Å². The zero-order valence-corrected chi connectivity index (χ0v) is 28.6. The zero-order chi connectivity index (χ0) is 42.9. The minimum Gasteiger partial charge on any atom is -0.384 e. The maximum atomic E-state index is 14.9. The van der Waals surface area contributed by atoms with Crippen molar-refractivity contribution >= 4 is 23.4 Å². The highest BCUT2D eigenvalue weighted by molar-refractivity contribution is 8.02. The number of halogens is 5. The average Bonchev–Trinajstić information content (AvgIpc) is 3.18. The number of thioether (sulfide) groups is 1. The molecule has 2 heterocycles. The van der Waals surface area contributed by atoms with Gasteiger partial charge in [-0.25, -0.2) is 8.78 Å². The van der Waals surface area contributed by atoms with Gasteiger partial charge in [-0.1, -0.05) is 66.7 Å². The van der Waals surface area contributed by atoms with Crippen LogP contribution in [0.15, 0.2) is 102 Å². The molecular weight excluding hydrogens is 698 g/mol. The van der Waals surface area contributed by atoms with E-state index < -0.39 is 72.8 Å². The summed E-state index contributed by atoms with van der Waals surface area (Å²) < 4.78 is 130. The highest BCUT2D eigenvalue weighted by Gasteiger charge is 2.33. The first-order chi connectivity index (χ1) is 27.6. The van der Waals surface area contributed by atoms with Gasteiger partial charge in [0.25, 0.3) is 0 Å². The first kappa shape index (κ1) is 29.2. The first-order valence-electron chi connectivity index (χ1n) is 20.0. The Kier molecular flexibility index (Phi) is 9.35. The van der Waals surface area contributed by atoms with E-state index in [0.29, 0.717) is 39.7 Å². The number of carbonyl (C=O) groups excluding carboxylic acids is 1. The fourth-order valence-corrected chi connectivity index (χ4v) is 7.16. The standard InChI is InChI=1S/C40H40F5N3O3S/c1-51-22-21-46-19-17-32(18-20-46)47(24-27-9-11-28(12-10-27)29-13-15-31(16-14-29)40(43,44)45)37(50)25-48-35-8-3-2-6-33(35)36(49)23-38(48)52-26-30-5-4-7-34(41)39(30)42/h2-16,23,32,36,49H,17-22,24-26H2,1H3/i1D3,21D2,26D2. The molecule has 1 unspecified atom stereocenters. The molecule has 4 aromatic rings. The van der Waals surface area contributed by atoms with Gasteiger partial charge in [0.2, 0.25) is 5.91 Å². The number of aliphatic hydroxyl groups is 1. The summed E-state index contributed by atoms with van der Waals surface area (Å²) in [6.07, 6.45) is -3.82. The number of nitrogens with zero attached hydrogens (tertiary/aromatic N) is 3. The predicted octanol–water partition coefficient (Wildman–Crippen LogP) is 8.42. The highest BCUT2D eigenvalue weighted by atomic mass is 32.2. The Morgan fingerprint density at radius 2 is 1.67 bits per heavy atom. The number of piperidine rings is 1. The van der Waals surface area contributed by atoms with E-state index in [9.17, 15) is 31.9 Å². The quantitative estimate of drug-likeness (QED) is 0.147. The van der Waals surface area contributed by atoms with Gasteiger partial charge in [-0.3, -0.25) is 4.79 Å². The Labute approximate surface area is 314 Å². The second kappa shape index (κ2) is 16.6. The van der Waals surface area contributed by atoms with Crippen LogP contribution in [-0.4, -0.2) is 66.6 Å². The number of para-hydroxylation sites is 1. The summed E-state index contributed by atoms with van der Waals surface area (Å²) in [6, 6.07) is 21.0. The van der Waals surface area contributed by atoms with Crippen LogP contribution >= 0.6 is 11.8 Å². The molecule has 2 aliphatic heterocycles. The van der Waals surface area contributed by atoms with Crippen molar-refractivity contribution in [2.75, 3.05) is 44.7 Å². The van der Waals surface area contributed by atoms with E-state index in [4.69, 9.17) is 14.3 Å². The van der Waals surface area contributed by atoms with E-state index in [1.54, 1.807) is 53.4 Å². The smallest absolute Gasteiger partial charge is 0.384 e. The van der Waals surface area contributed by atoms with Crippen LogP contribution < -0.4 is 4.90 Å². The Morgan fingerprint density at radius 1 is 0.981 bits per heavy atom. The van der Waals surface area contributed by atoms with Crippen LogP contribution in [0.25, 0.3) is 11.1 Å². The molecule has 1 atom stereocenters. The van der Waals surface area contributed by atoms with Crippen molar-refractivity contribution in [3.05, 3.63) is 136 Å². The molecule has 12 heteroatoms. The number of methoxy groups -OCH3 is 1. The van der Waals surface area contributed by atoms with Crippen LogP contribution in [0.4, 0.5) is 27.6 Å². The largest absolute Gasteiger partial charge is 0.416 e. The summed E-state index contributed by atoms with van der Waals surface area (Å²) >= 11 is 0.499. The molecule has 6 nitrogen and oxygen atoms in total. The molecular formula is C40H40F5N3O3S. The summed E-state index contributed by atoms with van der Waals surface area (Å²) in [6.45, 7) is -2.90. The van der Waals surface area contributed by atoms with Crippen LogP contribution in [0.2, 0.25) is 0 Å². The third-order valence-corrected chi connectivity index (χ3v) is 9.95. The number of benzene rings is 4. The molecule has 1 amide bonds. The lowest BCUT2D eigenvalue weighted by atomic mass is 9.99. The van der Waals surface area contributed by atoms with E-state index >= 15 is 0 Å². The van der Waals surface area contributed by atoms with E-state index in [1.165, 1.54) is 34.1 Å². The van der Waals surface area contributed by atoms with E-state index in [2.05, 4.69) is 0 Å². The molecule has 6 rings (SSSR count). The second-order valence-electron chi connectivity index (χ2n) is 12.4. The lowest BCUT2D eigenvalue weighted by Crippen LogP contribution is -2.50. The molecule has 0 saturated carbocycles. The zero-order valence-electron chi connectivity index (χ0n) is 34.7. The number of rotatable bonds is 12. The molecule has 52 heavy (non-hydrogen) atoms. The van der Waals surface area contributed by atoms with Gasteiger partial charge in [-0.15, -0.1) is 11.8 Å². The maximum Gasteiger partial charge on any atom is 0.416 e. The summed E-state index contributed by atoms with van der Waals surface area (Å²) in [4.78, 5) is 19.3. The van der Waals surface area contributed by atoms with Gasteiger partial charge >= 0.3 is 6.18 Å². The van der Waals surface area contributed by atoms with Crippen molar-refractivity contribution in [2.45, 2.75) is 43.4 Å². The van der Waals surface area contributed by atoms with Gasteiger partial charge < -0.3 is 24.5 Å². The summed E-state index contributed by atoms with van der Waals surface area (Å²) in [5.74, 6) is -3.06. The number of ether oxygens (including phenoxy) is 1. The minimum atomic E-state index is -4.49. The van der Waals surface area contributed by atoms with Crippen LogP contribution in [-0.2, 0) is 28.0 Å². The van der Waals surface area contributed by atoms with Gasteiger partial charge in [0, 0.05) is 67.2 Å². The molecule has 274 valence electrons. The number of fused-ring (bicyclic) bond motifs is 1. The second-order valence-corrected chi connectivity index (χ2v) is 13.2. The fourth-order valence-electron chi connectivity index (χ4n) is 6.32. The van der Waals surface area contributed by atoms with Crippen molar-refractivity contribution in [1.82, 2.24) is 9.80 Å². The molecule has 1 saturated heterocycles. The number of carbonyl (C=O) groups is 1. The van der Waals surface area contributed by atoms with Crippen LogP contribution in [0.5, 0.6) is 0 Å². The number of amides is 1. The molecule has 0 radical (unpaired) electrons. The lowest BCUT2D eigenvalue weighted by molar-refractivity contribution is -0.137. The SMILES string of the molecule is [2H]C([2H])([2H])OCC([2H])([2H])N1CCC(N(Cc2ccc(-c3ccc(C(F)(F)F)cc3)cc2)C(=O)CN2C(SC([2H])([2H])c3cccc(F)c3F)=CC(O)c3ccccc32)CC1. The molecule has 1 fully saturated rings. The summed E-state index contributed by atoms with van der Waals surface area (Å²) in [5, 5.41) is 11.2. The number of alkyl halides is 3. The Balaban J connectivity index is 1.29. The van der Waals surface area contributed by atoms with Crippen molar-refractivity contribution < 1.29 is 46.2 Å². The van der Waals surface area contributed by atoms with Gasteiger partial charge in [0.05, 0.1) is 21.3 Å². The summed E-state index contributed by atoms with van der Waals surface area (Å²) in [5.41, 5.74) is -1.27.